The number of rotatable bonds is 6. The standard InChI is InChI=1S/C24H38FN5O2.HI/c1-2-26-24(30-8-5-20(18-30)17-28-11-13-32-14-12-28)27-16-19-3-4-23(22(25)15-19)29-9-6-21(31)7-10-29;/h3-4,15,20-21,31H,2,5-14,16-18H2,1H3,(H,26,27);1H. The number of likely N-dealkylation sites (tertiary alicyclic amines) is 1. The fourth-order valence-electron chi connectivity index (χ4n) is 4.93. The first-order valence-corrected chi connectivity index (χ1v) is 12.2. The van der Waals surface area contributed by atoms with E-state index in [1.54, 1.807) is 6.07 Å². The molecule has 0 saturated carbocycles. The molecule has 0 spiro atoms. The average Bonchev–Trinajstić information content (AvgIpc) is 3.26. The smallest absolute Gasteiger partial charge is 0.194 e. The van der Waals surface area contributed by atoms with E-state index in [4.69, 9.17) is 9.73 Å². The highest BCUT2D eigenvalue weighted by Gasteiger charge is 2.27. The van der Waals surface area contributed by atoms with Crippen LogP contribution < -0.4 is 10.2 Å². The maximum Gasteiger partial charge on any atom is 0.194 e. The molecule has 186 valence electrons. The van der Waals surface area contributed by atoms with Gasteiger partial charge < -0.3 is 25.0 Å². The van der Waals surface area contributed by atoms with Gasteiger partial charge in [-0.3, -0.25) is 4.90 Å². The van der Waals surface area contributed by atoms with Gasteiger partial charge in [0, 0.05) is 52.4 Å². The predicted octanol–water partition coefficient (Wildman–Crippen LogP) is 2.52. The van der Waals surface area contributed by atoms with Crippen molar-refractivity contribution in [1.82, 2.24) is 15.1 Å². The Kier molecular flexibility index (Phi) is 10.5. The molecule has 3 heterocycles. The predicted molar refractivity (Wildman–Crippen MR) is 141 cm³/mol. The van der Waals surface area contributed by atoms with Crippen LogP contribution in [-0.4, -0.2) is 92.5 Å². The zero-order chi connectivity index (χ0) is 22.3. The second kappa shape index (κ2) is 13.1. The summed E-state index contributed by atoms with van der Waals surface area (Å²) in [5, 5.41) is 13.1. The van der Waals surface area contributed by atoms with Crippen molar-refractivity contribution in [3.63, 3.8) is 0 Å². The number of hydrogen-bond acceptors (Lipinski definition) is 5. The van der Waals surface area contributed by atoms with Gasteiger partial charge in [-0.2, -0.15) is 0 Å². The maximum absolute atomic E-state index is 14.8. The SMILES string of the molecule is CCNC(=NCc1ccc(N2CCC(O)CC2)c(F)c1)N1CCC(CN2CCOCC2)C1.I. The zero-order valence-electron chi connectivity index (χ0n) is 19.7. The van der Waals surface area contributed by atoms with Crippen molar-refractivity contribution in [2.45, 2.75) is 38.8 Å². The summed E-state index contributed by atoms with van der Waals surface area (Å²) in [6, 6.07) is 5.44. The molecule has 0 radical (unpaired) electrons. The van der Waals surface area contributed by atoms with E-state index in [1.165, 1.54) is 6.42 Å². The molecule has 3 saturated heterocycles. The fraction of sp³-hybridized carbons (Fsp3) is 0.708. The number of halogens is 2. The number of ether oxygens (including phenoxy) is 1. The third-order valence-corrected chi connectivity index (χ3v) is 6.77. The van der Waals surface area contributed by atoms with E-state index in [-0.39, 0.29) is 35.9 Å². The van der Waals surface area contributed by atoms with Crippen LogP contribution in [0.1, 0.15) is 31.7 Å². The van der Waals surface area contributed by atoms with Gasteiger partial charge in [-0.05, 0) is 49.8 Å². The lowest BCUT2D eigenvalue weighted by Crippen LogP contribution is -2.42. The largest absolute Gasteiger partial charge is 0.393 e. The monoisotopic (exact) mass is 575 g/mol. The van der Waals surface area contributed by atoms with Crippen molar-refractivity contribution >= 4 is 35.6 Å². The van der Waals surface area contributed by atoms with Gasteiger partial charge in [0.15, 0.2) is 5.96 Å². The minimum Gasteiger partial charge on any atom is -0.393 e. The van der Waals surface area contributed by atoms with Crippen LogP contribution in [0.4, 0.5) is 10.1 Å². The second-order valence-corrected chi connectivity index (χ2v) is 9.19. The first-order valence-electron chi connectivity index (χ1n) is 12.2. The topological polar surface area (TPSA) is 63.6 Å². The average molecular weight is 576 g/mol. The highest BCUT2D eigenvalue weighted by molar-refractivity contribution is 14.0. The number of aliphatic hydroxyl groups excluding tert-OH is 1. The molecule has 1 atom stereocenters. The van der Waals surface area contributed by atoms with Crippen molar-refractivity contribution in [1.29, 1.82) is 0 Å². The first kappa shape index (κ1) is 26.4. The van der Waals surface area contributed by atoms with E-state index >= 15 is 0 Å². The molecule has 0 amide bonds. The molecule has 33 heavy (non-hydrogen) atoms. The number of benzene rings is 1. The van der Waals surface area contributed by atoms with Gasteiger partial charge in [-0.15, -0.1) is 24.0 Å². The number of anilines is 1. The molecule has 1 unspecified atom stereocenters. The van der Waals surface area contributed by atoms with Gasteiger partial charge in [0.05, 0.1) is 31.5 Å². The van der Waals surface area contributed by atoms with Crippen molar-refractivity contribution in [2.75, 3.05) is 70.5 Å². The zero-order valence-corrected chi connectivity index (χ0v) is 22.0. The number of aliphatic hydroxyl groups is 1. The number of guanidine groups is 1. The third-order valence-electron chi connectivity index (χ3n) is 6.77. The molecule has 3 aliphatic heterocycles. The first-order chi connectivity index (χ1) is 15.6. The van der Waals surface area contributed by atoms with Gasteiger partial charge in [-0.25, -0.2) is 9.38 Å². The van der Waals surface area contributed by atoms with E-state index in [0.29, 0.717) is 44.1 Å². The van der Waals surface area contributed by atoms with Crippen molar-refractivity contribution in [3.05, 3.63) is 29.6 Å². The number of morpholine rings is 1. The van der Waals surface area contributed by atoms with Crippen LogP contribution in [0.2, 0.25) is 0 Å². The lowest BCUT2D eigenvalue weighted by atomic mass is 10.1. The summed E-state index contributed by atoms with van der Waals surface area (Å²) < 4.78 is 20.3. The molecule has 1 aromatic carbocycles. The molecular formula is C24H39FIN5O2. The Morgan fingerprint density at radius 1 is 1.15 bits per heavy atom. The van der Waals surface area contributed by atoms with Crippen molar-refractivity contribution < 1.29 is 14.2 Å². The number of hydrogen-bond donors (Lipinski definition) is 2. The van der Waals surface area contributed by atoms with E-state index in [0.717, 1.165) is 64.0 Å². The van der Waals surface area contributed by atoms with Gasteiger partial charge in [0.25, 0.3) is 0 Å². The highest BCUT2D eigenvalue weighted by atomic mass is 127. The third kappa shape index (κ3) is 7.40. The molecular weight excluding hydrogens is 536 g/mol. The van der Waals surface area contributed by atoms with E-state index in [2.05, 4.69) is 22.0 Å². The number of aliphatic imine (C=N–C) groups is 1. The molecule has 9 heteroatoms. The lowest BCUT2D eigenvalue weighted by molar-refractivity contribution is 0.0315. The van der Waals surface area contributed by atoms with Crippen molar-refractivity contribution in [2.24, 2.45) is 10.9 Å². The molecule has 0 aromatic heterocycles. The Labute approximate surface area is 214 Å². The highest BCUT2D eigenvalue weighted by Crippen LogP contribution is 2.25. The summed E-state index contributed by atoms with van der Waals surface area (Å²) >= 11 is 0. The van der Waals surface area contributed by atoms with E-state index in [9.17, 15) is 9.50 Å². The molecule has 3 fully saturated rings. The molecule has 3 aliphatic rings. The fourth-order valence-corrected chi connectivity index (χ4v) is 4.93. The lowest BCUT2D eigenvalue weighted by Gasteiger charge is -2.31. The summed E-state index contributed by atoms with van der Waals surface area (Å²) in [6.07, 6.45) is 2.31. The molecule has 1 aromatic rings. The molecule has 0 aliphatic carbocycles. The summed E-state index contributed by atoms with van der Waals surface area (Å²) in [5.41, 5.74) is 1.50. The quantitative estimate of drug-likeness (QED) is 0.309. The van der Waals surface area contributed by atoms with E-state index in [1.807, 2.05) is 17.0 Å². The minimum absolute atomic E-state index is 0. The second-order valence-electron chi connectivity index (χ2n) is 9.19. The normalized spacial score (nSPS) is 23.0. The van der Waals surface area contributed by atoms with Crippen LogP contribution in [0.25, 0.3) is 0 Å². The Hall–Kier alpha value is -1.17. The summed E-state index contributed by atoms with van der Waals surface area (Å²) in [6.45, 7) is 11.6. The van der Waals surface area contributed by atoms with Gasteiger partial charge in [-0.1, -0.05) is 6.07 Å². The van der Waals surface area contributed by atoms with Gasteiger partial charge >= 0.3 is 0 Å². The number of piperidine rings is 1. The minimum atomic E-state index is -0.258. The Balaban J connectivity index is 0.00000306. The Bertz CT molecular complexity index is 769. The maximum atomic E-state index is 14.8. The summed E-state index contributed by atoms with van der Waals surface area (Å²) in [7, 11) is 0. The van der Waals surface area contributed by atoms with Gasteiger partial charge in [0.1, 0.15) is 5.82 Å². The summed E-state index contributed by atoms with van der Waals surface area (Å²) in [5.74, 6) is 1.37. The number of nitrogens with zero attached hydrogens (tertiary/aromatic N) is 4. The summed E-state index contributed by atoms with van der Waals surface area (Å²) in [4.78, 5) is 11.7. The van der Waals surface area contributed by atoms with Crippen LogP contribution >= 0.6 is 24.0 Å². The molecule has 0 bridgehead atoms. The van der Waals surface area contributed by atoms with E-state index < -0.39 is 0 Å². The Morgan fingerprint density at radius 2 is 1.91 bits per heavy atom. The van der Waals surface area contributed by atoms with Crippen LogP contribution in [0.15, 0.2) is 23.2 Å². The van der Waals surface area contributed by atoms with Crippen LogP contribution in [0, 0.1) is 11.7 Å². The molecule has 4 rings (SSSR count). The molecule has 7 nitrogen and oxygen atoms in total. The van der Waals surface area contributed by atoms with Crippen LogP contribution in [0.5, 0.6) is 0 Å². The molecule has 2 N–H and O–H groups in total. The Morgan fingerprint density at radius 3 is 2.61 bits per heavy atom. The number of nitrogens with one attached hydrogen (secondary N) is 1. The van der Waals surface area contributed by atoms with Crippen LogP contribution in [0.3, 0.4) is 0 Å². The van der Waals surface area contributed by atoms with Crippen molar-refractivity contribution in [3.8, 4) is 0 Å². The van der Waals surface area contributed by atoms with Gasteiger partial charge in [0.2, 0.25) is 0 Å². The van der Waals surface area contributed by atoms with Crippen LogP contribution in [-0.2, 0) is 11.3 Å².